The minimum Gasteiger partial charge on any atom is -0.311 e. The molecule has 0 bridgehead atoms. The van der Waals surface area contributed by atoms with Crippen molar-refractivity contribution in [3.05, 3.63) is 218 Å². The van der Waals surface area contributed by atoms with Crippen molar-refractivity contribution in [1.29, 1.82) is 0 Å². The number of nitrogens with zero attached hydrogens (tertiary/aromatic N) is 2. The van der Waals surface area contributed by atoms with Gasteiger partial charge in [0.25, 0.3) is 0 Å². The van der Waals surface area contributed by atoms with Crippen LogP contribution in [0.1, 0.15) is 0 Å². The van der Waals surface area contributed by atoms with Crippen molar-refractivity contribution in [2.75, 3.05) is 4.90 Å². The SMILES string of the molecule is c1ccc(-c2ccc(N(c3ccc(-c4ccccc4)cc3)c3ccc(-c4cccc(-n5c6ccccc6c6cc7ccccc7cc65)c4)cc3)cc2)cc1. The molecule has 9 aromatic carbocycles. The highest BCUT2D eigenvalue weighted by atomic mass is 15.1. The van der Waals surface area contributed by atoms with Crippen molar-refractivity contribution in [3.63, 3.8) is 0 Å². The fourth-order valence-electron chi connectivity index (χ4n) is 7.88. The largest absolute Gasteiger partial charge is 0.311 e. The number of hydrogen-bond donors (Lipinski definition) is 0. The molecule has 0 unspecified atom stereocenters. The van der Waals surface area contributed by atoms with Gasteiger partial charge in [-0.1, -0.05) is 152 Å². The first-order valence-electron chi connectivity index (χ1n) is 18.5. The lowest BCUT2D eigenvalue weighted by Gasteiger charge is -2.26. The summed E-state index contributed by atoms with van der Waals surface area (Å²) in [6, 6.07) is 78.8. The summed E-state index contributed by atoms with van der Waals surface area (Å²) in [5.41, 5.74) is 14.1. The molecule has 1 aromatic heterocycles. The van der Waals surface area contributed by atoms with Crippen LogP contribution < -0.4 is 4.90 Å². The third kappa shape index (κ3) is 5.71. The number of aromatic nitrogens is 1. The Morgan fingerprint density at radius 2 is 0.722 bits per heavy atom. The second-order valence-electron chi connectivity index (χ2n) is 13.8. The van der Waals surface area contributed by atoms with E-state index in [1.54, 1.807) is 0 Å². The molecule has 2 heteroatoms. The highest BCUT2D eigenvalue weighted by molar-refractivity contribution is 6.13. The molecule has 0 radical (unpaired) electrons. The summed E-state index contributed by atoms with van der Waals surface area (Å²) >= 11 is 0. The van der Waals surface area contributed by atoms with Crippen molar-refractivity contribution in [2.45, 2.75) is 0 Å². The normalized spacial score (nSPS) is 11.3. The lowest BCUT2D eigenvalue weighted by molar-refractivity contribution is 1.18. The second-order valence-corrected chi connectivity index (χ2v) is 13.8. The van der Waals surface area contributed by atoms with E-state index in [1.807, 2.05) is 0 Å². The molecule has 54 heavy (non-hydrogen) atoms. The van der Waals surface area contributed by atoms with E-state index in [0.717, 1.165) is 22.7 Å². The fourth-order valence-corrected chi connectivity index (χ4v) is 7.88. The van der Waals surface area contributed by atoms with E-state index < -0.39 is 0 Å². The van der Waals surface area contributed by atoms with Gasteiger partial charge in [0.1, 0.15) is 0 Å². The van der Waals surface area contributed by atoms with Gasteiger partial charge in [-0.3, -0.25) is 0 Å². The molecule has 0 saturated heterocycles. The third-order valence-electron chi connectivity index (χ3n) is 10.6. The molecule has 254 valence electrons. The van der Waals surface area contributed by atoms with Crippen molar-refractivity contribution < 1.29 is 0 Å². The molecule has 0 fully saturated rings. The molecule has 0 aliphatic carbocycles. The standard InChI is InChI=1S/C52H36N2/c1-3-12-37(13-4-1)39-22-28-45(29-23-39)53(46-30-24-40(25-31-46)38-14-5-2-6-15-38)47-32-26-41(27-33-47)42-18-11-19-48(34-42)54-51-21-10-9-20-49(51)50-35-43-16-7-8-17-44(43)36-52(50)54/h1-36H. The number of hydrogen-bond acceptors (Lipinski definition) is 1. The molecule has 10 rings (SSSR count). The lowest BCUT2D eigenvalue weighted by atomic mass is 10.0. The van der Waals surface area contributed by atoms with Gasteiger partial charge in [-0.25, -0.2) is 0 Å². The summed E-state index contributed by atoms with van der Waals surface area (Å²) < 4.78 is 2.41. The van der Waals surface area contributed by atoms with Gasteiger partial charge in [0.05, 0.1) is 11.0 Å². The monoisotopic (exact) mass is 688 g/mol. The number of rotatable bonds is 7. The molecule has 0 saturated carbocycles. The van der Waals surface area contributed by atoms with Crippen LogP contribution in [0, 0.1) is 0 Å². The van der Waals surface area contributed by atoms with Gasteiger partial charge >= 0.3 is 0 Å². The van der Waals surface area contributed by atoms with Gasteiger partial charge in [0.15, 0.2) is 0 Å². The molecular weight excluding hydrogens is 653 g/mol. The van der Waals surface area contributed by atoms with Gasteiger partial charge in [-0.15, -0.1) is 0 Å². The zero-order chi connectivity index (χ0) is 35.8. The first kappa shape index (κ1) is 31.6. The summed E-state index contributed by atoms with van der Waals surface area (Å²) in [6.45, 7) is 0. The van der Waals surface area contributed by atoms with Gasteiger partial charge in [0.2, 0.25) is 0 Å². The smallest absolute Gasteiger partial charge is 0.0547 e. The van der Waals surface area contributed by atoms with Crippen LogP contribution >= 0.6 is 0 Å². The molecule has 0 amide bonds. The van der Waals surface area contributed by atoms with Crippen LogP contribution in [0.2, 0.25) is 0 Å². The van der Waals surface area contributed by atoms with Crippen molar-refractivity contribution in [1.82, 2.24) is 4.57 Å². The number of anilines is 3. The maximum atomic E-state index is 2.41. The Morgan fingerprint density at radius 1 is 0.278 bits per heavy atom. The lowest BCUT2D eigenvalue weighted by Crippen LogP contribution is -2.09. The predicted octanol–water partition coefficient (Wildman–Crippen LogP) is 14.4. The summed E-state index contributed by atoms with van der Waals surface area (Å²) in [6.07, 6.45) is 0. The van der Waals surface area contributed by atoms with Crippen LogP contribution in [0.3, 0.4) is 0 Å². The minimum absolute atomic E-state index is 1.10. The van der Waals surface area contributed by atoms with Crippen molar-refractivity contribution in [2.24, 2.45) is 0 Å². The van der Waals surface area contributed by atoms with E-state index in [0.29, 0.717) is 0 Å². The molecule has 0 spiro atoms. The number of para-hydroxylation sites is 1. The van der Waals surface area contributed by atoms with E-state index in [4.69, 9.17) is 0 Å². The highest BCUT2D eigenvalue weighted by Gasteiger charge is 2.16. The summed E-state index contributed by atoms with van der Waals surface area (Å²) in [4.78, 5) is 2.34. The fraction of sp³-hybridized carbons (Fsp3) is 0. The molecule has 0 atom stereocenters. The Balaban J connectivity index is 1.03. The summed E-state index contributed by atoms with van der Waals surface area (Å²) in [5.74, 6) is 0. The van der Waals surface area contributed by atoms with Crippen LogP contribution in [0.5, 0.6) is 0 Å². The first-order chi connectivity index (χ1) is 26.8. The van der Waals surface area contributed by atoms with E-state index in [9.17, 15) is 0 Å². The molecule has 2 nitrogen and oxygen atoms in total. The molecule has 0 aliphatic heterocycles. The van der Waals surface area contributed by atoms with Gasteiger partial charge in [-0.05, 0) is 111 Å². The third-order valence-corrected chi connectivity index (χ3v) is 10.6. The Bertz CT molecular complexity index is 2810. The average molecular weight is 689 g/mol. The Hall–Kier alpha value is -7.16. The molecule has 1 heterocycles. The Kier molecular flexibility index (Phi) is 7.85. The van der Waals surface area contributed by atoms with Gasteiger partial charge in [-0.2, -0.15) is 0 Å². The molecule has 0 N–H and O–H groups in total. The van der Waals surface area contributed by atoms with Crippen molar-refractivity contribution in [3.8, 4) is 39.1 Å². The minimum atomic E-state index is 1.10. The van der Waals surface area contributed by atoms with Gasteiger partial charge in [0, 0.05) is 33.5 Å². The highest BCUT2D eigenvalue weighted by Crippen LogP contribution is 2.39. The molecular formula is C52H36N2. The molecule has 0 aliphatic rings. The zero-order valence-corrected chi connectivity index (χ0v) is 29.7. The predicted molar refractivity (Wildman–Crippen MR) is 229 cm³/mol. The first-order valence-corrected chi connectivity index (χ1v) is 18.5. The maximum absolute atomic E-state index is 2.41. The van der Waals surface area contributed by atoms with E-state index in [-0.39, 0.29) is 0 Å². The van der Waals surface area contributed by atoms with Crippen LogP contribution in [-0.2, 0) is 0 Å². The Labute approximate surface area is 315 Å². The zero-order valence-electron chi connectivity index (χ0n) is 29.7. The second kappa shape index (κ2) is 13.4. The summed E-state index contributed by atoms with van der Waals surface area (Å²) in [5, 5.41) is 5.04. The Morgan fingerprint density at radius 3 is 1.30 bits per heavy atom. The van der Waals surface area contributed by atoms with Crippen LogP contribution in [-0.4, -0.2) is 4.57 Å². The van der Waals surface area contributed by atoms with E-state index in [2.05, 4.69) is 228 Å². The van der Waals surface area contributed by atoms with Crippen LogP contribution in [0.4, 0.5) is 17.1 Å². The maximum Gasteiger partial charge on any atom is 0.0547 e. The van der Waals surface area contributed by atoms with Crippen molar-refractivity contribution >= 4 is 49.6 Å². The van der Waals surface area contributed by atoms with E-state index >= 15 is 0 Å². The summed E-state index contributed by atoms with van der Waals surface area (Å²) in [7, 11) is 0. The van der Waals surface area contributed by atoms with Gasteiger partial charge < -0.3 is 9.47 Å². The number of fused-ring (bicyclic) bond motifs is 4. The number of benzene rings is 9. The van der Waals surface area contributed by atoms with E-state index in [1.165, 1.54) is 66.0 Å². The van der Waals surface area contributed by atoms with Crippen LogP contribution in [0.25, 0.3) is 71.6 Å². The topological polar surface area (TPSA) is 8.17 Å². The van der Waals surface area contributed by atoms with Crippen LogP contribution in [0.15, 0.2) is 218 Å². The average Bonchev–Trinajstić information content (AvgIpc) is 3.57. The quantitative estimate of drug-likeness (QED) is 0.162. The molecule has 10 aromatic rings.